The minimum Gasteiger partial charge on any atom is -0.303 e. The first kappa shape index (κ1) is 17.4. The number of allylic oxidation sites excluding steroid dienone is 2. The molecule has 0 N–H and O–H groups in total. The molecule has 0 aromatic carbocycles. The topological polar surface area (TPSA) is 17.1 Å². The summed E-state index contributed by atoms with van der Waals surface area (Å²) in [6.07, 6.45) is 22.1. The minimum absolute atomic E-state index is 0.728. The number of carbonyl (C=O) groups excluding carboxylic acids is 1. The van der Waals surface area contributed by atoms with E-state index >= 15 is 0 Å². The van der Waals surface area contributed by atoms with Gasteiger partial charge >= 0.3 is 0 Å². The molecule has 0 rings (SSSR count). The molecule has 0 aliphatic rings. The number of rotatable bonds is 14. The third-order valence-corrected chi connectivity index (χ3v) is 3.33. The summed E-state index contributed by atoms with van der Waals surface area (Å²) in [6, 6.07) is 0. The number of hydrogen-bond donors (Lipinski definition) is 0. The number of carbonyl (C=O) groups is 1. The first-order valence-electron chi connectivity index (χ1n) is 8.00. The van der Waals surface area contributed by atoms with E-state index in [9.17, 15) is 4.79 Å². The van der Waals surface area contributed by atoms with Crippen LogP contribution in [0.5, 0.6) is 0 Å². The third-order valence-electron chi connectivity index (χ3n) is 3.33. The molecular weight excluding hydrogens is 220 g/mol. The summed E-state index contributed by atoms with van der Waals surface area (Å²) in [7, 11) is 0. The molecule has 18 heavy (non-hydrogen) atoms. The van der Waals surface area contributed by atoms with Crippen molar-refractivity contribution in [3.63, 3.8) is 0 Å². The fourth-order valence-corrected chi connectivity index (χ4v) is 2.12. The van der Waals surface area contributed by atoms with E-state index in [2.05, 4.69) is 19.1 Å². The van der Waals surface area contributed by atoms with E-state index in [0.717, 1.165) is 32.0 Å². The molecule has 0 aromatic rings. The summed E-state index contributed by atoms with van der Waals surface area (Å²) >= 11 is 0. The van der Waals surface area contributed by atoms with Gasteiger partial charge < -0.3 is 4.79 Å². The number of unbranched alkanes of at least 4 members (excludes halogenated alkanes) is 11. The van der Waals surface area contributed by atoms with E-state index in [1.165, 1.54) is 57.8 Å². The maximum Gasteiger partial charge on any atom is 0.119 e. The summed E-state index contributed by atoms with van der Waals surface area (Å²) in [5, 5.41) is 0. The maximum atomic E-state index is 10.1. The molecule has 0 heterocycles. The summed E-state index contributed by atoms with van der Waals surface area (Å²) in [4.78, 5) is 10.1. The fourth-order valence-electron chi connectivity index (χ4n) is 2.12. The van der Waals surface area contributed by atoms with Gasteiger partial charge in [0.25, 0.3) is 0 Å². The highest BCUT2D eigenvalue weighted by Crippen LogP contribution is 2.10. The lowest BCUT2D eigenvalue weighted by Crippen LogP contribution is -1.80. The zero-order chi connectivity index (χ0) is 13.3. The van der Waals surface area contributed by atoms with Crippen LogP contribution >= 0.6 is 0 Å². The van der Waals surface area contributed by atoms with Gasteiger partial charge in [0.1, 0.15) is 6.29 Å². The second kappa shape index (κ2) is 16.4. The maximum absolute atomic E-state index is 10.1. The van der Waals surface area contributed by atoms with Crippen molar-refractivity contribution in [2.45, 2.75) is 90.4 Å². The van der Waals surface area contributed by atoms with Crippen LogP contribution in [-0.4, -0.2) is 6.29 Å². The monoisotopic (exact) mass is 252 g/mol. The van der Waals surface area contributed by atoms with Crippen molar-refractivity contribution in [3.05, 3.63) is 12.2 Å². The lowest BCUT2D eigenvalue weighted by atomic mass is 10.1. The van der Waals surface area contributed by atoms with Crippen molar-refractivity contribution in [2.75, 3.05) is 0 Å². The van der Waals surface area contributed by atoms with E-state index in [-0.39, 0.29) is 0 Å². The molecule has 0 atom stereocenters. The number of aldehydes is 1. The van der Waals surface area contributed by atoms with E-state index < -0.39 is 0 Å². The molecule has 0 saturated carbocycles. The van der Waals surface area contributed by atoms with Crippen LogP contribution in [0.2, 0.25) is 0 Å². The van der Waals surface area contributed by atoms with Crippen molar-refractivity contribution in [1.82, 2.24) is 0 Å². The van der Waals surface area contributed by atoms with Gasteiger partial charge in [-0.15, -0.1) is 0 Å². The van der Waals surface area contributed by atoms with E-state index in [1.54, 1.807) is 0 Å². The smallest absolute Gasteiger partial charge is 0.119 e. The number of hydrogen-bond acceptors (Lipinski definition) is 1. The summed E-state index contributed by atoms with van der Waals surface area (Å²) in [5.74, 6) is 0. The van der Waals surface area contributed by atoms with Crippen molar-refractivity contribution in [1.29, 1.82) is 0 Å². The third kappa shape index (κ3) is 15.4. The molecule has 0 spiro atoms. The molecule has 106 valence electrons. The van der Waals surface area contributed by atoms with Crippen molar-refractivity contribution in [3.8, 4) is 0 Å². The average Bonchev–Trinajstić information content (AvgIpc) is 2.39. The van der Waals surface area contributed by atoms with Crippen molar-refractivity contribution >= 4 is 6.29 Å². The highest BCUT2D eigenvalue weighted by atomic mass is 16.1. The van der Waals surface area contributed by atoms with Gasteiger partial charge in [-0.3, -0.25) is 0 Å². The first-order valence-corrected chi connectivity index (χ1v) is 8.00. The Labute approximate surface area is 114 Å². The van der Waals surface area contributed by atoms with Gasteiger partial charge in [0.15, 0.2) is 0 Å². The van der Waals surface area contributed by atoms with Gasteiger partial charge in [0, 0.05) is 6.42 Å². The van der Waals surface area contributed by atoms with Crippen molar-refractivity contribution < 1.29 is 4.79 Å². The fraction of sp³-hybridized carbons (Fsp3) is 0.824. The van der Waals surface area contributed by atoms with Gasteiger partial charge in [-0.05, 0) is 32.1 Å². The molecule has 0 aromatic heterocycles. The molecule has 1 heteroatoms. The molecule has 0 fully saturated rings. The standard InChI is InChI=1S/C17H32O/c1-2-3-4-5-6-7-8-9-10-11-12-13-14-15-16-17-18/h11-12,17H,2-10,13-16H2,1H3/b12-11+. The zero-order valence-electron chi connectivity index (χ0n) is 12.3. The van der Waals surface area contributed by atoms with Crippen LogP contribution in [0.1, 0.15) is 90.4 Å². The van der Waals surface area contributed by atoms with Gasteiger partial charge in [0.2, 0.25) is 0 Å². The molecule has 0 aliphatic carbocycles. The van der Waals surface area contributed by atoms with Crippen LogP contribution in [0.3, 0.4) is 0 Å². The van der Waals surface area contributed by atoms with Gasteiger partial charge in [0.05, 0.1) is 0 Å². The Hall–Kier alpha value is -0.590. The van der Waals surface area contributed by atoms with E-state index in [0.29, 0.717) is 0 Å². The second-order valence-corrected chi connectivity index (χ2v) is 5.19. The molecular formula is C17H32O. The predicted octanol–water partition coefficient (Wildman–Crippen LogP) is 5.83. The molecule has 0 amide bonds. The summed E-state index contributed by atoms with van der Waals surface area (Å²) in [5.41, 5.74) is 0. The summed E-state index contributed by atoms with van der Waals surface area (Å²) < 4.78 is 0. The quantitative estimate of drug-likeness (QED) is 0.216. The highest BCUT2D eigenvalue weighted by Gasteiger charge is 1.90. The van der Waals surface area contributed by atoms with Crippen LogP contribution < -0.4 is 0 Å². The van der Waals surface area contributed by atoms with Crippen LogP contribution in [0, 0.1) is 0 Å². The lowest BCUT2D eigenvalue weighted by molar-refractivity contribution is -0.107. The Bertz CT molecular complexity index is 184. The Morgan fingerprint density at radius 2 is 1.06 bits per heavy atom. The Balaban J connectivity index is 3.01. The Morgan fingerprint density at radius 1 is 0.611 bits per heavy atom. The molecule has 0 unspecified atom stereocenters. The zero-order valence-corrected chi connectivity index (χ0v) is 12.3. The summed E-state index contributed by atoms with van der Waals surface area (Å²) in [6.45, 7) is 2.27. The molecule has 0 radical (unpaired) electrons. The average molecular weight is 252 g/mol. The predicted molar refractivity (Wildman–Crippen MR) is 80.9 cm³/mol. The van der Waals surface area contributed by atoms with E-state index in [1.807, 2.05) is 0 Å². The van der Waals surface area contributed by atoms with Crippen molar-refractivity contribution in [2.24, 2.45) is 0 Å². The molecule has 0 bridgehead atoms. The van der Waals surface area contributed by atoms with Gasteiger partial charge in [-0.1, -0.05) is 64.0 Å². The van der Waals surface area contributed by atoms with Crippen LogP contribution in [-0.2, 0) is 4.79 Å². The van der Waals surface area contributed by atoms with Crippen LogP contribution in [0.25, 0.3) is 0 Å². The molecule has 0 aliphatic heterocycles. The van der Waals surface area contributed by atoms with Gasteiger partial charge in [-0.2, -0.15) is 0 Å². The molecule has 1 nitrogen and oxygen atoms in total. The van der Waals surface area contributed by atoms with E-state index in [4.69, 9.17) is 0 Å². The largest absolute Gasteiger partial charge is 0.303 e. The van der Waals surface area contributed by atoms with Crippen LogP contribution in [0.4, 0.5) is 0 Å². The van der Waals surface area contributed by atoms with Crippen LogP contribution in [0.15, 0.2) is 12.2 Å². The second-order valence-electron chi connectivity index (χ2n) is 5.19. The van der Waals surface area contributed by atoms with Gasteiger partial charge in [-0.25, -0.2) is 0 Å². The lowest BCUT2D eigenvalue weighted by Gasteiger charge is -1.99. The minimum atomic E-state index is 0.728. The Morgan fingerprint density at radius 3 is 1.61 bits per heavy atom. The SMILES string of the molecule is CCCCCCCCCC/C=C/CCCCC=O. The highest BCUT2D eigenvalue weighted by molar-refractivity contribution is 5.48. The Kier molecular flexibility index (Phi) is 15.9. The normalized spacial score (nSPS) is 11.2. The first-order chi connectivity index (χ1) is 8.91. The molecule has 0 saturated heterocycles.